The molecule has 1 heterocycles. The molecule has 0 aliphatic rings. The molecule has 0 aromatic carbocycles. The highest BCUT2D eigenvalue weighted by atomic mass is 16.5. The molecule has 0 aliphatic carbocycles. The first-order valence-corrected chi connectivity index (χ1v) is 7.91. The normalized spacial score (nSPS) is 11.4. The van der Waals surface area contributed by atoms with E-state index < -0.39 is 0 Å². The summed E-state index contributed by atoms with van der Waals surface area (Å²) in [6, 6.07) is 2.65. The van der Waals surface area contributed by atoms with Crippen LogP contribution in [0.15, 0.2) is 10.6 Å². The Balaban J connectivity index is 2.29. The Morgan fingerprint density at radius 2 is 1.74 bits per heavy atom. The Labute approximate surface area is 118 Å². The zero-order valence-electron chi connectivity index (χ0n) is 12.9. The van der Waals surface area contributed by atoms with Crippen LogP contribution in [0.5, 0.6) is 0 Å². The van der Waals surface area contributed by atoms with Crippen molar-refractivity contribution in [1.82, 2.24) is 10.5 Å². The lowest BCUT2D eigenvalue weighted by molar-refractivity contribution is 0.377. The molecule has 0 saturated carbocycles. The summed E-state index contributed by atoms with van der Waals surface area (Å²) in [5.74, 6) is 0.894. The number of aromatic nitrogens is 1. The van der Waals surface area contributed by atoms with Gasteiger partial charge in [-0.3, -0.25) is 0 Å². The minimum Gasteiger partial charge on any atom is -0.361 e. The maximum atomic E-state index is 5.10. The molecule has 0 spiro atoms. The fourth-order valence-corrected chi connectivity index (χ4v) is 2.38. The van der Waals surface area contributed by atoms with Gasteiger partial charge in [0.15, 0.2) is 0 Å². The predicted molar refractivity (Wildman–Crippen MR) is 80.2 cm³/mol. The van der Waals surface area contributed by atoms with Crippen molar-refractivity contribution in [3.8, 4) is 0 Å². The Bertz CT molecular complexity index is 312. The van der Waals surface area contributed by atoms with E-state index in [1.165, 1.54) is 51.4 Å². The summed E-state index contributed by atoms with van der Waals surface area (Å²) < 4.78 is 5.10. The van der Waals surface area contributed by atoms with Gasteiger partial charge in [0, 0.05) is 18.7 Å². The lowest BCUT2D eigenvalue weighted by Gasteiger charge is -2.18. The van der Waals surface area contributed by atoms with E-state index in [2.05, 4.69) is 24.3 Å². The lowest BCUT2D eigenvalue weighted by Crippen LogP contribution is -2.28. The molecule has 0 bridgehead atoms. The number of nitrogens with zero attached hydrogens (tertiary/aromatic N) is 1. The average molecular weight is 266 g/mol. The van der Waals surface area contributed by atoms with Gasteiger partial charge in [-0.25, -0.2) is 0 Å². The lowest BCUT2D eigenvalue weighted by atomic mass is 10.0. The fourth-order valence-electron chi connectivity index (χ4n) is 2.38. The standard InChI is InChI=1S/C16H30N2O/c1-4-6-8-10-15(11-9-7-5-2)17-13-16-12-14(3)19-18-16/h12,15,17H,4-11,13H2,1-3H3. The molecular formula is C16H30N2O. The van der Waals surface area contributed by atoms with Crippen LogP contribution in [-0.4, -0.2) is 11.2 Å². The summed E-state index contributed by atoms with van der Waals surface area (Å²) in [6.45, 7) is 7.30. The molecule has 0 radical (unpaired) electrons. The molecule has 0 atom stereocenters. The first kappa shape index (κ1) is 16.2. The topological polar surface area (TPSA) is 38.1 Å². The number of aryl methyl sites for hydroxylation is 1. The summed E-state index contributed by atoms with van der Waals surface area (Å²) in [5, 5.41) is 7.69. The summed E-state index contributed by atoms with van der Waals surface area (Å²) in [5.41, 5.74) is 1.02. The summed E-state index contributed by atoms with van der Waals surface area (Å²) in [4.78, 5) is 0. The Kier molecular flexibility index (Phi) is 8.55. The largest absolute Gasteiger partial charge is 0.361 e. The molecule has 0 amide bonds. The van der Waals surface area contributed by atoms with E-state index in [9.17, 15) is 0 Å². The molecule has 3 heteroatoms. The summed E-state index contributed by atoms with van der Waals surface area (Å²) in [7, 11) is 0. The fraction of sp³-hybridized carbons (Fsp3) is 0.812. The van der Waals surface area contributed by atoms with Crippen LogP contribution in [0.2, 0.25) is 0 Å². The quantitative estimate of drug-likeness (QED) is 0.595. The van der Waals surface area contributed by atoms with Crippen LogP contribution in [0.3, 0.4) is 0 Å². The summed E-state index contributed by atoms with van der Waals surface area (Å²) >= 11 is 0. The van der Waals surface area contributed by atoms with Crippen LogP contribution < -0.4 is 5.32 Å². The van der Waals surface area contributed by atoms with Crippen LogP contribution in [0.4, 0.5) is 0 Å². The Morgan fingerprint density at radius 1 is 1.11 bits per heavy atom. The second-order valence-electron chi connectivity index (χ2n) is 5.50. The van der Waals surface area contributed by atoms with Crippen LogP contribution >= 0.6 is 0 Å². The molecule has 0 saturated heterocycles. The van der Waals surface area contributed by atoms with E-state index >= 15 is 0 Å². The smallest absolute Gasteiger partial charge is 0.133 e. The first-order chi connectivity index (χ1) is 9.26. The molecule has 1 aromatic rings. The zero-order valence-corrected chi connectivity index (χ0v) is 12.9. The van der Waals surface area contributed by atoms with Gasteiger partial charge in [0.1, 0.15) is 5.76 Å². The van der Waals surface area contributed by atoms with E-state index in [1.54, 1.807) is 0 Å². The van der Waals surface area contributed by atoms with E-state index in [0.717, 1.165) is 18.0 Å². The highest BCUT2D eigenvalue weighted by Gasteiger charge is 2.09. The van der Waals surface area contributed by atoms with Crippen molar-refractivity contribution in [2.45, 2.75) is 84.7 Å². The van der Waals surface area contributed by atoms with Crippen molar-refractivity contribution in [2.24, 2.45) is 0 Å². The van der Waals surface area contributed by atoms with Gasteiger partial charge in [-0.15, -0.1) is 0 Å². The van der Waals surface area contributed by atoms with Crippen LogP contribution in [-0.2, 0) is 6.54 Å². The second-order valence-corrected chi connectivity index (χ2v) is 5.50. The number of nitrogens with one attached hydrogen (secondary N) is 1. The molecule has 1 aromatic heterocycles. The van der Waals surface area contributed by atoms with Crippen molar-refractivity contribution in [3.63, 3.8) is 0 Å². The van der Waals surface area contributed by atoms with Gasteiger partial charge in [-0.2, -0.15) is 0 Å². The number of rotatable bonds is 11. The number of unbranched alkanes of at least 4 members (excludes halogenated alkanes) is 4. The molecular weight excluding hydrogens is 236 g/mol. The van der Waals surface area contributed by atoms with Crippen LogP contribution in [0.25, 0.3) is 0 Å². The first-order valence-electron chi connectivity index (χ1n) is 7.91. The molecule has 0 unspecified atom stereocenters. The third-order valence-electron chi connectivity index (χ3n) is 3.56. The van der Waals surface area contributed by atoms with Crippen molar-refractivity contribution >= 4 is 0 Å². The van der Waals surface area contributed by atoms with Crippen LogP contribution in [0.1, 0.15) is 76.7 Å². The van der Waals surface area contributed by atoms with Crippen molar-refractivity contribution in [3.05, 3.63) is 17.5 Å². The predicted octanol–water partition coefficient (Wildman–Crippen LogP) is 4.60. The number of hydrogen-bond donors (Lipinski definition) is 1. The highest BCUT2D eigenvalue weighted by Crippen LogP contribution is 2.12. The molecule has 0 aliphatic heterocycles. The number of hydrogen-bond acceptors (Lipinski definition) is 3. The van der Waals surface area contributed by atoms with Gasteiger partial charge in [0.2, 0.25) is 0 Å². The van der Waals surface area contributed by atoms with Gasteiger partial charge in [0.25, 0.3) is 0 Å². The molecule has 3 nitrogen and oxygen atoms in total. The van der Waals surface area contributed by atoms with Gasteiger partial charge in [-0.1, -0.05) is 57.5 Å². The van der Waals surface area contributed by atoms with Crippen molar-refractivity contribution in [2.75, 3.05) is 0 Å². The third kappa shape index (κ3) is 7.36. The van der Waals surface area contributed by atoms with E-state index in [0.29, 0.717) is 6.04 Å². The second kappa shape index (κ2) is 10.0. The van der Waals surface area contributed by atoms with E-state index in [4.69, 9.17) is 4.52 Å². The van der Waals surface area contributed by atoms with Gasteiger partial charge >= 0.3 is 0 Å². The van der Waals surface area contributed by atoms with Crippen molar-refractivity contribution in [1.29, 1.82) is 0 Å². The van der Waals surface area contributed by atoms with Crippen molar-refractivity contribution < 1.29 is 4.52 Å². The van der Waals surface area contributed by atoms with Gasteiger partial charge < -0.3 is 9.84 Å². The maximum absolute atomic E-state index is 5.10. The summed E-state index contributed by atoms with van der Waals surface area (Å²) in [6.07, 6.45) is 10.5. The maximum Gasteiger partial charge on any atom is 0.133 e. The SMILES string of the molecule is CCCCCC(CCCCC)NCc1cc(C)on1. The third-order valence-corrected chi connectivity index (χ3v) is 3.56. The van der Waals surface area contributed by atoms with Gasteiger partial charge in [0.05, 0.1) is 5.69 Å². The Hall–Kier alpha value is -0.830. The minimum atomic E-state index is 0.634. The van der Waals surface area contributed by atoms with E-state index in [-0.39, 0.29) is 0 Å². The molecule has 1 rings (SSSR count). The highest BCUT2D eigenvalue weighted by molar-refractivity contribution is 5.03. The average Bonchev–Trinajstić information content (AvgIpc) is 2.81. The Morgan fingerprint density at radius 3 is 2.21 bits per heavy atom. The van der Waals surface area contributed by atoms with Crippen LogP contribution in [0, 0.1) is 6.92 Å². The zero-order chi connectivity index (χ0) is 13.9. The molecule has 110 valence electrons. The molecule has 0 fully saturated rings. The van der Waals surface area contributed by atoms with Gasteiger partial charge in [-0.05, 0) is 19.8 Å². The minimum absolute atomic E-state index is 0.634. The van der Waals surface area contributed by atoms with E-state index in [1.807, 2.05) is 13.0 Å². The molecule has 19 heavy (non-hydrogen) atoms. The monoisotopic (exact) mass is 266 g/mol. The molecule has 1 N–H and O–H groups in total.